The molecule has 5 rings (SSSR count). The number of carbonyl (C=O) groups excluding carboxylic acids is 1. The van der Waals surface area contributed by atoms with Crippen LogP contribution in [0.15, 0.2) is 76.5 Å². The maximum absolute atomic E-state index is 11.7. The molecule has 1 fully saturated rings. The Morgan fingerprint density at radius 2 is 1.65 bits per heavy atom. The second kappa shape index (κ2) is 8.40. The molecule has 0 bridgehead atoms. The quantitative estimate of drug-likeness (QED) is 0.553. The van der Waals surface area contributed by atoms with Gasteiger partial charge >= 0.3 is 0 Å². The van der Waals surface area contributed by atoms with Crippen LogP contribution >= 0.6 is 11.8 Å². The Labute approximate surface area is 188 Å². The minimum atomic E-state index is -0.0536. The molecule has 3 aromatic rings. The van der Waals surface area contributed by atoms with Crippen LogP contribution < -0.4 is 10.2 Å². The van der Waals surface area contributed by atoms with Gasteiger partial charge in [0.2, 0.25) is 5.91 Å². The molecule has 158 valence electrons. The summed E-state index contributed by atoms with van der Waals surface area (Å²) >= 11 is 1.84. The van der Waals surface area contributed by atoms with E-state index >= 15 is 0 Å². The lowest BCUT2D eigenvalue weighted by molar-refractivity contribution is -0.114. The third-order valence-electron chi connectivity index (χ3n) is 6.17. The van der Waals surface area contributed by atoms with E-state index in [2.05, 4.69) is 70.7 Å². The summed E-state index contributed by atoms with van der Waals surface area (Å²) < 4.78 is 0. The molecule has 1 N–H and O–H groups in total. The molecule has 3 aromatic carbocycles. The molecule has 31 heavy (non-hydrogen) atoms. The topological polar surface area (TPSA) is 35.6 Å². The number of benzene rings is 3. The minimum Gasteiger partial charge on any atom is -0.336 e. The molecule has 0 radical (unpaired) electrons. The van der Waals surface area contributed by atoms with E-state index in [0.29, 0.717) is 6.04 Å². The van der Waals surface area contributed by atoms with Gasteiger partial charge in [0.05, 0.1) is 11.4 Å². The molecule has 0 saturated carbocycles. The summed E-state index contributed by atoms with van der Waals surface area (Å²) in [4.78, 5) is 19.2. The number of nitrogens with one attached hydrogen (secondary N) is 1. The number of amides is 1. The highest BCUT2D eigenvalue weighted by atomic mass is 32.2. The van der Waals surface area contributed by atoms with Crippen LogP contribution in [-0.4, -0.2) is 37.0 Å². The summed E-state index contributed by atoms with van der Waals surface area (Å²) in [6, 6.07) is 24.0. The summed E-state index contributed by atoms with van der Waals surface area (Å²) in [7, 11) is 2.21. The smallest absolute Gasteiger partial charge is 0.221 e. The molecule has 2 heterocycles. The van der Waals surface area contributed by atoms with E-state index in [9.17, 15) is 4.79 Å². The van der Waals surface area contributed by atoms with Crippen LogP contribution in [0.5, 0.6) is 0 Å². The van der Waals surface area contributed by atoms with Gasteiger partial charge in [0.25, 0.3) is 0 Å². The minimum absolute atomic E-state index is 0.0536. The predicted molar refractivity (Wildman–Crippen MR) is 129 cm³/mol. The van der Waals surface area contributed by atoms with E-state index in [0.717, 1.165) is 29.9 Å². The van der Waals surface area contributed by atoms with Crippen LogP contribution in [0.1, 0.15) is 19.8 Å². The van der Waals surface area contributed by atoms with Gasteiger partial charge in [-0.25, -0.2) is 0 Å². The average molecular weight is 430 g/mol. The fourth-order valence-corrected chi connectivity index (χ4v) is 5.74. The monoisotopic (exact) mass is 429 g/mol. The van der Waals surface area contributed by atoms with Crippen molar-refractivity contribution in [2.45, 2.75) is 35.6 Å². The van der Waals surface area contributed by atoms with E-state index in [-0.39, 0.29) is 5.91 Å². The van der Waals surface area contributed by atoms with Gasteiger partial charge in [-0.15, -0.1) is 0 Å². The number of rotatable bonds is 3. The van der Waals surface area contributed by atoms with Crippen LogP contribution in [0.3, 0.4) is 0 Å². The zero-order chi connectivity index (χ0) is 21.4. The van der Waals surface area contributed by atoms with Gasteiger partial charge in [0.15, 0.2) is 0 Å². The summed E-state index contributed by atoms with van der Waals surface area (Å²) in [6.07, 6.45) is 2.34. The molecule has 2 aliphatic rings. The highest BCUT2D eigenvalue weighted by Gasteiger charge is 2.31. The Morgan fingerprint density at radius 1 is 0.935 bits per heavy atom. The largest absolute Gasteiger partial charge is 0.336 e. The molecular weight excluding hydrogens is 402 g/mol. The molecular formula is C26H27N3OS. The van der Waals surface area contributed by atoms with Crippen molar-refractivity contribution < 1.29 is 4.79 Å². The summed E-state index contributed by atoms with van der Waals surface area (Å²) in [5.74, 6) is -0.0536. The zero-order valence-electron chi connectivity index (χ0n) is 18.0. The van der Waals surface area contributed by atoms with E-state index < -0.39 is 0 Å². The maximum Gasteiger partial charge on any atom is 0.221 e. The van der Waals surface area contributed by atoms with Gasteiger partial charge in [-0.1, -0.05) is 48.2 Å². The summed E-state index contributed by atoms with van der Waals surface area (Å²) in [5, 5.41) is 2.97. The van der Waals surface area contributed by atoms with Gasteiger partial charge < -0.3 is 15.1 Å². The van der Waals surface area contributed by atoms with Crippen molar-refractivity contribution in [1.82, 2.24) is 4.90 Å². The first-order valence-corrected chi connectivity index (χ1v) is 11.7. The molecule has 0 aliphatic carbocycles. The first-order valence-electron chi connectivity index (χ1n) is 10.9. The number of hydrogen-bond donors (Lipinski definition) is 1. The van der Waals surface area contributed by atoms with Gasteiger partial charge in [0, 0.05) is 34.0 Å². The third-order valence-corrected chi connectivity index (χ3v) is 7.28. The Bertz CT molecular complexity index is 1120. The summed E-state index contributed by atoms with van der Waals surface area (Å²) in [5.41, 5.74) is 5.63. The highest BCUT2D eigenvalue weighted by Crippen LogP contribution is 2.51. The Morgan fingerprint density at radius 3 is 2.45 bits per heavy atom. The van der Waals surface area contributed by atoms with Crippen LogP contribution in [0.2, 0.25) is 0 Å². The first-order chi connectivity index (χ1) is 15.1. The normalized spacial score (nSPS) is 16.5. The maximum atomic E-state index is 11.7. The predicted octanol–water partition coefficient (Wildman–Crippen LogP) is 6.01. The van der Waals surface area contributed by atoms with E-state index in [4.69, 9.17) is 0 Å². The Kier molecular flexibility index (Phi) is 5.47. The zero-order valence-corrected chi connectivity index (χ0v) is 18.8. The van der Waals surface area contributed by atoms with Crippen LogP contribution in [0.4, 0.5) is 17.1 Å². The van der Waals surface area contributed by atoms with Crippen LogP contribution in [0, 0.1) is 0 Å². The van der Waals surface area contributed by atoms with Crippen molar-refractivity contribution in [1.29, 1.82) is 0 Å². The van der Waals surface area contributed by atoms with Crippen molar-refractivity contribution in [2.24, 2.45) is 0 Å². The highest BCUT2D eigenvalue weighted by molar-refractivity contribution is 7.99. The molecule has 0 unspecified atom stereocenters. The molecule has 5 heteroatoms. The SMILES string of the molecule is CC(=O)Nc1ccccc1-c1ccc2c(c1)Sc1ccccc1N2C1CCN(C)CC1. The molecule has 0 atom stereocenters. The second-order valence-electron chi connectivity index (χ2n) is 8.38. The van der Waals surface area contributed by atoms with Crippen molar-refractivity contribution in [3.8, 4) is 11.1 Å². The van der Waals surface area contributed by atoms with Gasteiger partial charge in [0.1, 0.15) is 0 Å². The van der Waals surface area contributed by atoms with Crippen LogP contribution in [0.25, 0.3) is 11.1 Å². The number of hydrogen-bond acceptors (Lipinski definition) is 4. The van der Waals surface area contributed by atoms with Crippen molar-refractivity contribution in [3.63, 3.8) is 0 Å². The lowest BCUT2D eigenvalue weighted by Crippen LogP contribution is -2.42. The van der Waals surface area contributed by atoms with Crippen molar-refractivity contribution in [2.75, 3.05) is 30.4 Å². The standard InChI is InChI=1S/C26H27N3OS/c1-18(30)27-22-8-4-3-7-21(22)19-11-12-24-26(17-19)31-25-10-6-5-9-23(25)29(24)20-13-15-28(2)16-14-20/h3-12,17,20H,13-16H2,1-2H3,(H,27,30). The lowest BCUT2D eigenvalue weighted by Gasteiger charge is -2.42. The second-order valence-corrected chi connectivity index (χ2v) is 9.47. The van der Waals surface area contributed by atoms with Crippen LogP contribution in [-0.2, 0) is 4.79 Å². The number of carbonyl (C=O) groups is 1. The van der Waals surface area contributed by atoms with E-state index in [1.807, 2.05) is 30.0 Å². The third kappa shape index (κ3) is 3.95. The molecule has 0 aromatic heterocycles. The molecule has 0 spiro atoms. The molecule has 1 amide bonds. The Hall–Kier alpha value is -2.76. The van der Waals surface area contributed by atoms with E-state index in [1.54, 1.807) is 6.92 Å². The average Bonchev–Trinajstić information content (AvgIpc) is 2.78. The number of piperidine rings is 1. The number of para-hydroxylation sites is 2. The summed E-state index contributed by atoms with van der Waals surface area (Å²) in [6.45, 7) is 3.82. The first kappa shape index (κ1) is 20.2. The fourth-order valence-electron chi connectivity index (χ4n) is 4.63. The number of nitrogens with zero attached hydrogens (tertiary/aromatic N) is 2. The van der Waals surface area contributed by atoms with E-state index in [1.165, 1.54) is 34.0 Å². The Balaban J connectivity index is 1.57. The van der Waals surface area contributed by atoms with Gasteiger partial charge in [-0.3, -0.25) is 4.79 Å². The van der Waals surface area contributed by atoms with Crippen molar-refractivity contribution in [3.05, 3.63) is 66.7 Å². The molecule has 4 nitrogen and oxygen atoms in total. The number of anilines is 3. The van der Waals surface area contributed by atoms with Gasteiger partial charge in [-0.05, 0) is 68.9 Å². The fraction of sp³-hybridized carbons (Fsp3) is 0.269. The van der Waals surface area contributed by atoms with Gasteiger partial charge in [-0.2, -0.15) is 0 Å². The van der Waals surface area contributed by atoms with Crippen molar-refractivity contribution >= 4 is 34.7 Å². The molecule has 1 saturated heterocycles. The lowest BCUT2D eigenvalue weighted by atomic mass is 9.99. The number of likely N-dealkylation sites (tertiary alicyclic amines) is 1. The molecule has 2 aliphatic heterocycles. The number of fused-ring (bicyclic) bond motifs is 2.